The molecule has 0 atom stereocenters. The molecule has 0 fully saturated rings. The quantitative estimate of drug-likeness (QED) is 0.642. The fraction of sp³-hybridized carbons (Fsp3) is 0.500. The van der Waals surface area contributed by atoms with E-state index in [1.54, 1.807) is 32.5 Å². The van der Waals surface area contributed by atoms with Crippen molar-refractivity contribution in [3.8, 4) is 0 Å². The Bertz CT molecular complexity index is 494. The van der Waals surface area contributed by atoms with Gasteiger partial charge in [0, 0.05) is 11.4 Å². The van der Waals surface area contributed by atoms with Gasteiger partial charge in [-0.15, -0.1) is 11.8 Å². The van der Waals surface area contributed by atoms with Gasteiger partial charge >= 0.3 is 12.1 Å². The molecule has 5 nitrogen and oxygen atoms in total. The summed E-state index contributed by atoms with van der Waals surface area (Å²) in [6.45, 7) is 5.77. The van der Waals surface area contributed by atoms with Gasteiger partial charge in [-0.1, -0.05) is 12.1 Å². The minimum Gasteiger partial charge on any atom is -0.461 e. The van der Waals surface area contributed by atoms with Crippen LogP contribution in [0.15, 0.2) is 29.2 Å². The number of amides is 1. The van der Waals surface area contributed by atoms with Gasteiger partial charge in [0.2, 0.25) is 0 Å². The van der Waals surface area contributed by atoms with Crippen LogP contribution in [0.4, 0.5) is 4.79 Å². The maximum atomic E-state index is 11.6. The van der Waals surface area contributed by atoms with Crippen LogP contribution < -0.4 is 5.32 Å². The molecule has 0 saturated carbocycles. The molecule has 0 spiro atoms. The number of benzene rings is 1. The number of carbonyl (C=O) groups is 2. The Morgan fingerprint density at radius 1 is 1.18 bits per heavy atom. The van der Waals surface area contributed by atoms with Crippen molar-refractivity contribution in [2.75, 3.05) is 12.8 Å². The molecule has 1 rings (SSSR count). The summed E-state index contributed by atoms with van der Waals surface area (Å²) in [7, 11) is 0. The summed E-state index contributed by atoms with van der Waals surface area (Å²) in [6.07, 6.45) is 1.59. The SMILES string of the molecule is CSc1ccc(COC(=O)CCNC(=O)OC(C)(C)C)cc1. The van der Waals surface area contributed by atoms with Crippen LogP contribution >= 0.6 is 11.8 Å². The van der Waals surface area contributed by atoms with Crippen molar-refractivity contribution in [2.45, 2.75) is 44.3 Å². The van der Waals surface area contributed by atoms with Crippen molar-refractivity contribution >= 4 is 23.8 Å². The zero-order chi connectivity index (χ0) is 16.6. The molecule has 0 aliphatic carbocycles. The number of nitrogens with one attached hydrogen (secondary N) is 1. The van der Waals surface area contributed by atoms with Gasteiger partial charge in [-0.25, -0.2) is 4.79 Å². The smallest absolute Gasteiger partial charge is 0.407 e. The lowest BCUT2D eigenvalue weighted by atomic mass is 10.2. The molecule has 0 unspecified atom stereocenters. The molecule has 22 heavy (non-hydrogen) atoms. The molecule has 0 aliphatic heterocycles. The number of hydrogen-bond acceptors (Lipinski definition) is 5. The summed E-state index contributed by atoms with van der Waals surface area (Å²) in [5.41, 5.74) is 0.388. The number of rotatable bonds is 6. The highest BCUT2D eigenvalue weighted by Gasteiger charge is 2.16. The Labute approximate surface area is 135 Å². The summed E-state index contributed by atoms with van der Waals surface area (Å²) in [4.78, 5) is 24.1. The Balaban J connectivity index is 2.22. The first-order valence-corrected chi connectivity index (χ1v) is 8.28. The molecular weight excluding hydrogens is 302 g/mol. The zero-order valence-corrected chi connectivity index (χ0v) is 14.3. The first-order valence-electron chi connectivity index (χ1n) is 7.05. The molecule has 1 N–H and O–H groups in total. The maximum Gasteiger partial charge on any atom is 0.407 e. The van der Waals surface area contributed by atoms with Crippen LogP contribution in [0.1, 0.15) is 32.8 Å². The van der Waals surface area contributed by atoms with Crippen molar-refractivity contribution in [3.63, 3.8) is 0 Å². The molecule has 1 amide bonds. The number of ether oxygens (including phenoxy) is 2. The van der Waals surface area contributed by atoms with Gasteiger partial charge in [-0.05, 0) is 44.7 Å². The molecule has 122 valence electrons. The highest BCUT2D eigenvalue weighted by molar-refractivity contribution is 7.98. The van der Waals surface area contributed by atoms with Gasteiger partial charge in [0.15, 0.2) is 0 Å². The summed E-state index contributed by atoms with van der Waals surface area (Å²) in [5.74, 6) is -0.356. The first kappa shape index (κ1) is 18.4. The van der Waals surface area contributed by atoms with E-state index in [-0.39, 0.29) is 25.5 Å². The minimum atomic E-state index is -0.548. The van der Waals surface area contributed by atoms with E-state index in [1.807, 2.05) is 30.5 Å². The summed E-state index contributed by atoms with van der Waals surface area (Å²) in [6, 6.07) is 7.83. The van der Waals surface area contributed by atoms with E-state index >= 15 is 0 Å². The minimum absolute atomic E-state index is 0.113. The molecule has 0 aliphatic rings. The van der Waals surface area contributed by atoms with Crippen LogP contribution in [-0.2, 0) is 20.9 Å². The molecule has 0 bridgehead atoms. The van der Waals surface area contributed by atoms with E-state index in [0.29, 0.717) is 0 Å². The van der Waals surface area contributed by atoms with Crippen molar-refractivity contribution in [1.82, 2.24) is 5.32 Å². The second-order valence-electron chi connectivity index (χ2n) is 5.69. The summed E-state index contributed by atoms with van der Waals surface area (Å²) >= 11 is 1.66. The molecule has 0 saturated heterocycles. The molecule has 0 aromatic heterocycles. The fourth-order valence-corrected chi connectivity index (χ4v) is 1.95. The first-order chi connectivity index (χ1) is 10.3. The third-order valence-electron chi connectivity index (χ3n) is 2.56. The number of alkyl carbamates (subject to hydrolysis) is 1. The highest BCUT2D eigenvalue weighted by atomic mass is 32.2. The molecule has 0 heterocycles. The highest BCUT2D eigenvalue weighted by Crippen LogP contribution is 2.15. The van der Waals surface area contributed by atoms with Crippen LogP contribution in [0.2, 0.25) is 0 Å². The zero-order valence-electron chi connectivity index (χ0n) is 13.5. The fourth-order valence-electron chi connectivity index (χ4n) is 1.54. The van der Waals surface area contributed by atoms with E-state index in [1.165, 1.54) is 0 Å². The Hall–Kier alpha value is -1.69. The lowest BCUT2D eigenvalue weighted by Crippen LogP contribution is -2.33. The molecular formula is C16H23NO4S. The standard InChI is InChI=1S/C16H23NO4S/c1-16(2,3)21-15(19)17-10-9-14(18)20-11-12-5-7-13(22-4)8-6-12/h5-8H,9-11H2,1-4H3,(H,17,19). The second-order valence-corrected chi connectivity index (χ2v) is 6.57. The predicted octanol–water partition coefficient (Wildman–Crippen LogP) is 3.37. The normalized spacial score (nSPS) is 10.9. The second kappa shape index (κ2) is 8.68. The van der Waals surface area contributed by atoms with Gasteiger partial charge in [-0.3, -0.25) is 4.79 Å². The third-order valence-corrected chi connectivity index (χ3v) is 3.30. The predicted molar refractivity (Wildman–Crippen MR) is 86.9 cm³/mol. The number of carbonyl (C=O) groups excluding carboxylic acids is 2. The van der Waals surface area contributed by atoms with Crippen molar-refractivity contribution < 1.29 is 19.1 Å². The summed E-state index contributed by atoms with van der Waals surface area (Å²) in [5, 5.41) is 2.52. The summed E-state index contributed by atoms with van der Waals surface area (Å²) < 4.78 is 10.2. The van der Waals surface area contributed by atoms with Gasteiger partial charge in [0.1, 0.15) is 12.2 Å². The van der Waals surface area contributed by atoms with E-state index < -0.39 is 11.7 Å². The lowest BCUT2D eigenvalue weighted by Gasteiger charge is -2.19. The van der Waals surface area contributed by atoms with Gasteiger partial charge in [0.05, 0.1) is 6.42 Å². The average molecular weight is 325 g/mol. The number of hydrogen-bond donors (Lipinski definition) is 1. The van der Waals surface area contributed by atoms with Gasteiger partial charge in [0.25, 0.3) is 0 Å². The lowest BCUT2D eigenvalue weighted by molar-refractivity contribution is -0.144. The molecule has 1 aromatic rings. The van der Waals surface area contributed by atoms with E-state index in [0.717, 1.165) is 10.5 Å². The van der Waals surface area contributed by atoms with Crippen LogP contribution in [0.25, 0.3) is 0 Å². The Morgan fingerprint density at radius 3 is 2.36 bits per heavy atom. The molecule has 0 radical (unpaired) electrons. The average Bonchev–Trinajstić information content (AvgIpc) is 2.43. The monoisotopic (exact) mass is 325 g/mol. The van der Waals surface area contributed by atoms with Crippen molar-refractivity contribution in [3.05, 3.63) is 29.8 Å². The van der Waals surface area contributed by atoms with Crippen LogP contribution in [0, 0.1) is 0 Å². The van der Waals surface area contributed by atoms with Crippen molar-refractivity contribution in [1.29, 1.82) is 0 Å². The number of thioether (sulfide) groups is 1. The van der Waals surface area contributed by atoms with Gasteiger partial charge < -0.3 is 14.8 Å². The van der Waals surface area contributed by atoms with Crippen molar-refractivity contribution in [2.24, 2.45) is 0 Å². The van der Waals surface area contributed by atoms with Crippen LogP contribution in [0.5, 0.6) is 0 Å². The third kappa shape index (κ3) is 7.93. The number of esters is 1. The molecule has 1 aromatic carbocycles. The largest absolute Gasteiger partial charge is 0.461 e. The maximum absolute atomic E-state index is 11.6. The molecule has 6 heteroatoms. The Kier molecular flexibility index (Phi) is 7.24. The topological polar surface area (TPSA) is 64.6 Å². The van der Waals surface area contributed by atoms with Gasteiger partial charge in [-0.2, -0.15) is 0 Å². The van der Waals surface area contributed by atoms with E-state index in [4.69, 9.17) is 9.47 Å². The van der Waals surface area contributed by atoms with E-state index in [2.05, 4.69) is 5.32 Å². The van der Waals surface area contributed by atoms with Crippen LogP contribution in [0.3, 0.4) is 0 Å². The van der Waals surface area contributed by atoms with Crippen LogP contribution in [-0.4, -0.2) is 30.5 Å². The Morgan fingerprint density at radius 2 is 1.82 bits per heavy atom. The van der Waals surface area contributed by atoms with E-state index in [9.17, 15) is 9.59 Å².